The highest BCUT2D eigenvalue weighted by Gasteiger charge is 2.02. The van der Waals surface area contributed by atoms with Crippen molar-refractivity contribution in [1.82, 2.24) is 10.2 Å². The van der Waals surface area contributed by atoms with Crippen LogP contribution in [0.25, 0.3) is 11.3 Å². The quantitative estimate of drug-likeness (QED) is 0.616. The number of aromatic nitrogens is 2. The third kappa shape index (κ3) is 3.64. The Bertz CT molecular complexity index is 560. The molecule has 1 aromatic heterocycles. The number of benzene rings is 1. The predicted molar refractivity (Wildman–Crippen MR) is 71.9 cm³/mol. The number of hydrogen-bond acceptors (Lipinski definition) is 5. The summed E-state index contributed by atoms with van der Waals surface area (Å²) >= 11 is 0. The Morgan fingerprint density at radius 1 is 1.21 bits per heavy atom. The molecule has 2 rings (SSSR count). The normalized spacial score (nSPS) is 12.1. The molecule has 0 fully saturated rings. The Morgan fingerprint density at radius 2 is 1.95 bits per heavy atom. The van der Waals surface area contributed by atoms with Crippen LogP contribution in [0.3, 0.4) is 0 Å². The molecular formula is C13H15N3O3. The van der Waals surface area contributed by atoms with Crippen LogP contribution in [0.15, 0.2) is 41.2 Å². The van der Waals surface area contributed by atoms with Gasteiger partial charge in [0, 0.05) is 23.9 Å². The molecule has 0 saturated heterocycles. The molecule has 6 nitrogen and oxygen atoms in total. The summed E-state index contributed by atoms with van der Waals surface area (Å²) in [4.78, 5) is 10.9. The number of anilines is 1. The van der Waals surface area contributed by atoms with Gasteiger partial charge in [0.1, 0.15) is 0 Å². The molecule has 6 heteroatoms. The van der Waals surface area contributed by atoms with E-state index in [-0.39, 0.29) is 18.7 Å². The van der Waals surface area contributed by atoms with Gasteiger partial charge < -0.3 is 15.5 Å². The average molecular weight is 261 g/mol. The number of nitrogens with one attached hydrogen (secondary N) is 2. The Kier molecular flexibility index (Phi) is 4.27. The Balaban J connectivity index is 2.06. The van der Waals surface area contributed by atoms with Gasteiger partial charge in [0.05, 0.1) is 18.4 Å². The first-order valence-electron chi connectivity index (χ1n) is 5.88. The van der Waals surface area contributed by atoms with E-state index in [2.05, 4.69) is 15.5 Å². The third-order valence-corrected chi connectivity index (χ3v) is 2.61. The highest BCUT2D eigenvalue weighted by atomic mass is 16.3. The lowest BCUT2D eigenvalue weighted by molar-refractivity contribution is 0.105. The zero-order valence-corrected chi connectivity index (χ0v) is 10.2. The fraction of sp³-hybridized carbons (Fsp3) is 0.231. The van der Waals surface area contributed by atoms with Gasteiger partial charge in [0.2, 0.25) is 0 Å². The molecule has 0 aliphatic carbocycles. The zero-order chi connectivity index (χ0) is 13.7. The van der Waals surface area contributed by atoms with Crippen LogP contribution in [0, 0.1) is 0 Å². The van der Waals surface area contributed by atoms with Crippen molar-refractivity contribution in [2.75, 3.05) is 18.5 Å². The van der Waals surface area contributed by atoms with Crippen molar-refractivity contribution in [3.05, 3.63) is 46.8 Å². The Morgan fingerprint density at radius 3 is 2.53 bits per heavy atom. The highest BCUT2D eigenvalue weighted by Crippen LogP contribution is 2.18. The second kappa shape index (κ2) is 6.12. The van der Waals surface area contributed by atoms with Crippen molar-refractivity contribution in [2.24, 2.45) is 0 Å². The lowest BCUT2D eigenvalue weighted by Crippen LogP contribution is -2.22. The Labute approximate surface area is 109 Å². The first-order chi connectivity index (χ1) is 9.19. The topological polar surface area (TPSA) is 98.2 Å². The van der Waals surface area contributed by atoms with Crippen LogP contribution < -0.4 is 10.9 Å². The SMILES string of the molecule is O=c1ccc(-c2ccc(NCC(O)CO)cc2)n[nH]1. The van der Waals surface area contributed by atoms with E-state index in [0.717, 1.165) is 11.3 Å². The largest absolute Gasteiger partial charge is 0.394 e. The molecule has 0 radical (unpaired) electrons. The number of H-pyrrole nitrogens is 1. The van der Waals surface area contributed by atoms with E-state index in [1.165, 1.54) is 6.07 Å². The molecule has 4 N–H and O–H groups in total. The highest BCUT2D eigenvalue weighted by molar-refractivity contribution is 5.62. The summed E-state index contributed by atoms with van der Waals surface area (Å²) in [6.07, 6.45) is -0.777. The third-order valence-electron chi connectivity index (χ3n) is 2.61. The van der Waals surface area contributed by atoms with Crippen molar-refractivity contribution in [3.63, 3.8) is 0 Å². The van der Waals surface area contributed by atoms with Gasteiger partial charge in [-0.1, -0.05) is 12.1 Å². The molecule has 19 heavy (non-hydrogen) atoms. The maximum absolute atomic E-state index is 10.9. The van der Waals surface area contributed by atoms with E-state index in [4.69, 9.17) is 5.11 Å². The van der Waals surface area contributed by atoms with Gasteiger partial charge >= 0.3 is 0 Å². The molecule has 0 aliphatic rings. The summed E-state index contributed by atoms with van der Waals surface area (Å²) in [5, 5.41) is 27.2. The first kappa shape index (κ1) is 13.3. The van der Waals surface area contributed by atoms with Crippen molar-refractivity contribution < 1.29 is 10.2 Å². The molecule has 0 saturated carbocycles. The van der Waals surface area contributed by atoms with Gasteiger partial charge in [-0.3, -0.25) is 4.79 Å². The predicted octanol–water partition coefficient (Wildman–Crippen LogP) is 0.202. The van der Waals surface area contributed by atoms with Crippen molar-refractivity contribution >= 4 is 5.69 Å². The second-order valence-corrected chi connectivity index (χ2v) is 4.10. The van der Waals surface area contributed by atoms with Gasteiger partial charge in [-0.25, -0.2) is 5.10 Å². The smallest absolute Gasteiger partial charge is 0.264 e. The molecule has 0 spiro atoms. The molecule has 1 atom stereocenters. The lowest BCUT2D eigenvalue weighted by Gasteiger charge is -2.10. The van der Waals surface area contributed by atoms with Crippen LogP contribution in [0.4, 0.5) is 5.69 Å². The van der Waals surface area contributed by atoms with E-state index in [9.17, 15) is 9.90 Å². The molecular weight excluding hydrogens is 246 g/mol. The zero-order valence-electron chi connectivity index (χ0n) is 10.2. The minimum Gasteiger partial charge on any atom is -0.394 e. The van der Waals surface area contributed by atoms with Gasteiger partial charge in [0.15, 0.2) is 0 Å². The standard InChI is InChI=1S/C13H15N3O3/c17-8-11(18)7-14-10-3-1-9(2-4-10)12-5-6-13(19)16-15-12/h1-6,11,14,17-18H,7-8H2,(H,16,19). The maximum atomic E-state index is 10.9. The van der Waals surface area contributed by atoms with Gasteiger partial charge in [-0.15, -0.1) is 0 Å². The number of aliphatic hydroxyl groups is 2. The number of aliphatic hydroxyl groups excluding tert-OH is 2. The summed E-state index contributed by atoms with van der Waals surface area (Å²) in [7, 11) is 0. The fourth-order valence-corrected chi connectivity index (χ4v) is 1.56. The van der Waals surface area contributed by atoms with Gasteiger partial charge in [0.25, 0.3) is 5.56 Å². The van der Waals surface area contributed by atoms with E-state index in [1.54, 1.807) is 6.07 Å². The second-order valence-electron chi connectivity index (χ2n) is 4.10. The average Bonchev–Trinajstić information content (AvgIpc) is 2.46. The monoisotopic (exact) mass is 261 g/mol. The molecule has 1 unspecified atom stereocenters. The summed E-state index contributed by atoms with van der Waals surface area (Å²) in [5.41, 5.74) is 2.16. The van der Waals surface area contributed by atoms with Crippen LogP contribution in [-0.2, 0) is 0 Å². The lowest BCUT2D eigenvalue weighted by atomic mass is 10.1. The molecule has 0 aliphatic heterocycles. The van der Waals surface area contributed by atoms with Crippen molar-refractivity contribution in [2.45, 2.75) is 6.10 Å². The van der Waals surface area contributed by atoms with Crippen LogP contribution in [-0.4, -0.2) is 39.7 Å². The minimum absolute atomic E-state index is 0.236. The van der Waals surface area contributed by atoms with Crippen molar-refractivity contribution in [3.8, 4) is 11.3 Å². The number of aromatic amines is 1. The van der Waals surface area contributed by atoms with Crippen LogP contribution in [0.1, 0.15) is 0 Å². The van der Waals surface area contributed by atoms with E-state index < -0.39 is 6.10 Å². The summed E-state index contributed by atoms with van der Waals surface area (Å²) in [6, 6.07) is 10.5. The van der Waals surface area contributed by atoms with E-state index >= 15 is 0 Å². The summed E-state index contributed by atoms with van der Waals surface area (Å²) < 4.78 is 0. The molecule has 0 amide bonds. The molecule has 2 aromatic rings. The molecule has 1 aromatic carbocycles. The fourth-order valence-electron chi connectivity index (χ4n) is 1.56. The van der Waals surface area contributed by atoms with E-state index in [0.29, 0.717) is 5.69 Å². The number of rotatable bonds is 5. The first-order valence-corrected chi connectivity index (χ1v) is 5.88. The Hall–Kier alpha value is -2.18. The summed E-state index contributed by atoms with van der Waals surface area (Å²) in [5.74, 6) is 0. The number of nitrogens with zero attached hydrogens (tertiary/aromatic N) is 1. The maximum Gasteiger partial charge on any atom is 0.264 e. The summed E-state index contributed by atoms with van der Waals surface area (Å²) in [6.45, 7) is 0.0130. The van der Waals surface area contributed by atoms with Gasteiger partial charge in [-0.2, -0.15) is 5.10 Å². The van der Waals surface area contributed by atoms with E-state index in [1.807, 2.05) is 24.3 Å². The van der Waals surface area contributed by atoms with Crippen LogP contribution >= 0.6 is 0 Å². The number of hydrogen-bond donors (Lipinski definition) is 4. The molecule has 1 heterocycles. The van der Waals surface area contributed by atoms with Crippen LogP contribution in [0.5, 0.6) is 0 Å². The van der Waals surface area contributed by atoms with Crippen LogP contribution in [0.2, 0.25) is 0 Å². The molecule has 0 bridgehead atoms. The molecule has 100 valence electrons. The van der Waals surface area contributed by atoms with Gasteiger partial charge in [-0.05, 0) is 18.2 Å². The minimum atomic E-state index is -0.777. The van der Waals surface area contributed by atoms with Crippen molar-refractivity contribution in [1.29, 1.82) is 0 Å².